The van der Waals surface area contributed by atoms with Gasteiger partial charge in [-0.3, -0.25) is 9.52 Å². The van der Waals surface area contributed by atoms with Crippen LogP contribution in [0.3, 0.4) is 0 Å². The molecule has 0 spiro atoms. The topological polar surface area (TPSA) is 128 Å². The number of ketones is 1. The van der Waals surface area contributed by atoms with Gasteiger partial charge in [-0.05, 0) is 48.9 Å². The summed E-state index contributed by atoms with van der Waals surface area (Å²) in [5, 5.41) is 3.10. The minimum Gasteiger partial charge on any atom is -0.381 e. The van der Waals surface area contributed by atoms with Crippen LogP contribution in [0.5, 0.6) is 0 Å². The first-order valence-corrected chi connectivity index (χ1v) is 16.4. The number of ether oxygens (including phenoxy) is 1. The zero-order valence-electron chi connectivity index (χ0n) is 24.0. The fourth-order valence-corrected chi connectivity index (χ4v) is 7.26. The van der Waals surface area contributed by atoms with E-state index in [2.05, 4.69) is 20.0 Å². The molecule has 0 saturated carbocycles. The first kappa shape index (κ1) is 30.9. The average molecular weight is 696 g/mol. The lowest BCUT2D eigenvalue weighted by Gasteiger charge is -2.15. The molecule has 2 N–H and O–H groups in total. The molecule has 10 nitrogen and oxygen atoms in total. The van der Waals surface area contributed by atoms with E-state index in [1.807, 2.05) is 24.3 Å². The monoisotopic (exact) mass is 694 g/mol. The van der Waals surface area contributed by atoms with Gasteiger partial charge in [-0.15, -0.1) is 0 Å². The zero-order valence-corrected chi connectivity index (χ0v) is 26.4. The number of anilines is 3. The van der Waals surface area contributed by atoms with E-state index in [9.17, 15) is 13.2 Å². The molecule has 0 radical (unpaired) electrons. The lowest BCUT2D eigenvalue weighted by molar-refractivity contribution is 0.0902. The quantitative estimate of drug-likeness (QED) is 0.159. The molecular weight excluding hydrogens is 673 g/mol. The van der Waals surface area contributed by atoms with Crippen molar-refractivity contribution in [3.05, 3.63) is 106 Å². The van der Waals surface area contributed by atoms with Gasteiger partial charge < -0.3 is 14.6 Å². The van der Waals surface area contributed by atoms with Gasteiger partial charge in [0.25, 0.3) is 10.0 Å². The lowest BCUT2D eigenvalue weighted by atomic mass is 9.97. The smallest absolute Gasteiger partial charge is 0.263 e. The number of para-hydroxylation sites is 1. The minimum absolute atomic E-state index is 0.0156. The maximum atomic E-state index is 15.8. The van der Waals surface area contributed by atoms with Crippen LogP contribution in [0.4, 0.5) is 26.0 Å². The Morgan fingerprint density at radius 2 is 1.83 bits per heavy atom. The number of Topliss-reactive ketones (excluding diaryl/α,β-unsaturated/α-hetero) is 1. The van der Waals surface area contributed by atoms with Crippen molar-refractivity contribution < 1.29 is 26.7 Å². The average Bonchev–Trinajstić information content (AvgIpc) is 3.74. The van der Waals surface area contributed by atoms with Gasteiger partial charge in [-0.25, -0.2) is 32.2 Å². The number of carbonyl (C=O) groups is 1. The number of hydrogen-bond acceptors (Lipinski definition) is 8. The Hall–Kier alpha value is -4.69. The summed E-state index contributed by atoms with van der Waals surface area (Å²) in [5.41, 5.74) is 0.534. The van der Waals surface area contributed by atoms with E-state index in [0.29, 0.717) is 36.5 Å². The molecule has 1 aliphatic heterocycles. The van der Waals surface area contributed by atoms with Gasteiger partial charge in [0.15, 0.2) is 17.4 Å². The molecule has 1 unspecified atom stereocenters. The summed E-state index contributed by atoms with van der Waals surface area (Å²) >= 11 is 12.0. The number of fused-ring (bicyclic) bond motifs is 2. The highest BCUT2D eigenvalue weighted by atomic mass is 35.5. The number of pyridine rings is 1. The van der Waals surface area contributed by atoms with Crippen molar-refractivity contribution in [3.8, 4) is 5.82 Å². The van der Waals surface area contributed by atoms with Crippen LogP contribution in [0, 0.1) is 17.6 Å². The van der Waals surface area contributed by atoms with Crippen LogP contribution in [0.2, 0.25) is 10.0 Å². The third kappa shape index (κ3) is 5.65. The largest absolute Gasteiger partial charge is 0.381 e. The van der Waals surface area contributed by atoms with Gasteiger partial charge in [0, 0.05) is 29.7 Å². The SMILES string of the molecule is O=C(c1cn(-c2ccc3ncnc(Nc4c(F)ccc(NS(=O)(=O)c5cccc(Cl)c5Cl)c4F)c3n2)c2ccccc12)C1CCOC1. The third-order valence-corrected chi connectivity index (χ3v) is 10.1. The molecule has 6 aromatic rings. The first-order valence-electron chi connectivity index (χ1n) is 14.2. The van der Waals surface area contributed by atoms with Gasteiger partial charge in [-0.2, -0.15) is 0 Å². The van der Waals surface area contributed by atoms with E-state index < -0.39 is 33.0 Å². The molecular formula is C32H22Cl2F2N6O4S. The van der Waals surface area contributed by atoms with Crippen molar-refractivity contribution in [2.24, 2.45) is 5.92 Å². The number of carbonyl (C=O) groups excluding carboxylic acids is 1. The fourth-order valence-electron chi connectivity index (χ4n) is 5.44. The normalized spacial score (nSPS) is 14.9. The van der Waals surface area contributed by atoms with Gasteiger partial charge in [-0.1, -0.05) is 47.5 Å². The number of nitrogens with zero attached hydrogens (tertiary/aromatic N) is 4. The maximum absolute atomic E-state index is 15.8. The van der Waals surface area contributed by atoms with E-state index in [4.69, 9.17) is 32.9 Å². The van der Waals surface area contributed by atoms with Crippen molar-refractivity contribution in [1.82, 2.24) is 19.5 Å². The molecule has 1 atom stereocenters. The van der Waals surface area contributed by atoms with Gasteiger partial charge in [0.05, 0.1) is 33.4 Å². The third-order valence-electron chi connectivity index (χ3n) is 7.78. The molecule has 3 aromatic heterocycles. The lowest BCUT2D eigenvalue weighted by Crippen LogP contribution is -2.15. The standard InChI is InChI=1S/C32H22Cl2F2N6O4S/c33-20-5-3-7-25(27(20)34)47(44,45)41-22-9-8-21(35)29(28(22)36)40-32-30-23(37-16-38-32)10-11-26(39-30)42-14-19(18-4-1-2-6-24(18)42)31(43)17-12-13-46-15-17/h1-11,14,16-17,41H,12-13,15H2,(H,37,38,40). The maximum Gasteiger partial charge on any atom is 0.263 e. The summed E-state index contributed by atoms with van der Waals surface area (Å²) in [6.07, 6.45) is 3.56. The number of aromatic nitrogens is 4. The van der Waals surface area contributed by atoms with E-state index in [1.54, 1.807) is 22.9 Å². The Balaban J connectivity index is 1.27. The van der Waals surface area contributed by atoms with E-state index in [1.165, 1.54) is 24.5 Å². The van der Waals surface area contributed by atoms with Crippen molar-refractivity contribution in [1.29, 1.82) is 0 Å². The molecule has 15 heteroatoms. The van der Waals surface area contributed by atoms with Gasteiger partial charge in [0.2, 0.25) is 0 Å². The summed E-state index contributed by atoms with van der Waals surface area (Å²) in [4.78, 5) is 26.1. The molecule has 1 aliphatic rings. The highest BCUT2D eigenvalue weighted by Crippen LogP contribution is 2.35. The Morgan fingerprint density at radius 1 is 1.00 bits per heavy atom. The Morgan fingerprint density at radius 3 is 2.64 bits per heavy atom. The summed E-state index contributed by atoms with van der Waals surface area (Å²) in [6.45, 7) is 0.895. The van der Waals surface area contributed by atoms with E-state index in [0.717, 1.165) is 23.0 Å². The predicted octanol–water partition coefficient (Wildman–Crippen LogP) is 7.32. The van der Waals surface area contributed by atoms with Crippen LogP contribution in [0.15, 0.2) is 84.1 Å². The molecule has 4 heterocycles. The van der Waals surface area contributed by atoms with Gasteiger partial charge in [0.1, 0.15) is 34.1 Å². The summed E-state index contributed by atoms with van der Waals surface area (Å²) in [5.74, 6) is -2.19. The van der Waals surface area contributed by atoms with Crippen molar-refractivity contribution in [2.45, 2.75) is 11.3 Å². The molecule has 3 aromatic carbocycles. The summed E-state index contributed by atoms with van der Waals surface area (Å²) in [6, 6.07) is 16.6. The summed E-state index contributed by atoms with van der Waals surface area (Å²) in [7, 11) is -4.42. The number of sulfonamides is 1. The molecule has 0 amide bonds. The Kier molecular flexibility index (Phi) is 8.00. The second kappa shape index (κ2) is 12.2. The zero-order chi connectivity index (χ0) is 32.9. The molecule has 0 bridgehead atoms. The van der Waals surface area contributed by atoms with Crippen LogP contribution < -0.4 is 10.0 Å². The van der Waals surface area contributed by atoms with Crippen molar-refractivity contribution in [2.75, 3.05) is 23.3 Å². The Bertz CT molecular complexity index is 2330. The highest BCUT2D eigenvalue weighted by molar-refractivity contribution is 7.92. The van der Waals surface area contributed by atoms with Gasteiger partial charge >= 0.3 is 0 Å². The molecule has 47 heavy (non-hydrogen) atoms. The number of hydrogen-bond donors (Lipinski definition) is 2. The van der Waals surface area contributed by atoms with Crippen LogP contribution in [-0.4, -0.2) is 46.9 Å². The predicted molar refractivity (Wildman–Crippen MR) is 174 cm³/mol. The molecule has 1 fully saturated rings. The first-order chi connectivity index (χ1) is 22.6. The molecule has 238 valence electrons. The van der Waals surface area contributed by atoms with Crippen LogP contribution >= 0.6 is 23.2 Å². The number of nitrogens with one attached hydrogen (secondary N) is 2. The molecule has 0 aliphatic carbocycles. The van der Waals surface area contributed by atoms with E-state index >= 15 is 8.78 Å². The van der Waals surface area contributed by atoms with Crippen molar-refractivity contribution >= 4 is 78.1 Å². The van der Waals surface area contributed by atoms with E-state index in [-0.39, 0.29) is 38.0 Å². The van der Waals surface area contributed by atoms with Crippen LogP contribution in [0.25, 0.3) is 27.8 Å². The summed E-state index contributed by atoms with van der Waals surface area (Å²) < 4.78 is 66.2. The Labute approximate surface area is 276 Å². The number of halogens is 4. The fraction of sp³-hybridized carbons (Fsp3) is 0.125. The van der Waals surface area contributed by atoms with Crippen LogP contribution in [0.1, 0.15) is 16.8 Å². The number of rotatable bonds is 8. The second-order valence-corrected chi connectivity index (χ2v) is 13.1. The number of benzene rings is 3. The second-order valence-electron chi connectivity index (χ2n) is 10.7. The van der Waals surface area contributed by atoms with Crippen LogP contribution in [-0.2, 0) is 14.8 Å². The molecule has 1 saturated heterocycles. The minimum atomic E-state index is -4.42. The highest BCUT2D eigenvalue weighted by Gasteiger charge is 2.28. The molecule has 7 rings (SSSR count). The van der Waals surface area contributed by atoms with Crippen molar-refractivity contribution in [3.63, 3.8) is 0 Å².